The average Bonchev–Trinajstić information content (AvgIpc) is 2.35. The summed E-state index contributed by atoms with van der Waals surface area (Å²) in [6.45, 7) is 13.2. The molecule has 1 fully saturated rings. The second kappa shape index (κ2) is 7.96. The Morgan fingerprint density at radius 1 is 1.19 bits per heavy atom. The van der Waals surface area contributed by atoms with E-state index in [1.54, 1.807) is 4.90 Å². The number of amides is 1. The number of nitrogens with zero attached hydrogens (tertiary/aromatic N) is 2. The van der Waals surface area contributed by atoms with Crippen molar-refractivity contribution in [1.29, 1.82) is 0 Å². The number of ether oxygens (including phenoxy) is 2. The molecule has 124 valence electrons. The van der Waals surface area contributed by atoms with Crippen LogP contribution in [0.25, 0.3) is 0 Å². The van der Waals surface area contributed by atoms with Crippen molar-refractivity contribution in [3.63, 3.8) is 0 Å². The predicted molar refractivity (Wildman–Crippen MR) is 81.3 cm³/mol. The third-order valence-electron chi connectivity index (χ3n) is 3.11. The summed E-state index contributed by atoms with van der Waals surface area (Å²) in [6.07, 6.45) is -0.616. The Balaban J connectivity index is 2.27. The SMILES string of the molecule is CC(C)OC[C@H](O)CN1CCN(C(=O)OC(C)(C)C)CC1. The van der Waals surface area contributed by atoms with Crippen LogP contribution in [0, 0.1) is 0 Å². The van der Waals surface area contributed by atoms with Gasteiger partial charge in [0.1, 0.15) is 5.60 Å². The molecule has 0 aromatic rings. The van der Waals surface area contributed by atoms with Crippen LogP contribution in [0.4, 0.5) is 4.79 Å². The Kier molecular flexibility index (Phi) is 6.90. The van der Waals surface area contributed by atoms with E-state index >= 15 is 0 Å². The van der Waals surface area contributed by atoms with E-state index in [0.717, 1.165) is 13.1 Å². The summed E-state index contributed by atoms with van der Waals surface area (Å²) in [5, 5.41) is 9.91. The number of carbonyl (C=O) groups is 1. The summed E-state index contributed by atoms with van der Waals surface area (Å²) < 4.78 is 10.8. The van der Waals surface area contributed by atoms with Crippen molar-refractivity contribution in [3.05, 3.63) is 0 Å². The van der Waals surface area contributed by atoms with E-state index in [0.29, 0.717) is 26.2 Å². The van der Waals surface area contributed by atoms with E-state index < -0.39 is 11.7 Å². The quantitative estimate of drug-likeness (QED) is 0.830. The Labute approximate surface area is 128 Å². The van der Waals surface area contributed by atoms with Gasteiger partial charge in [0.25, 0.3) is 0 Å². The number of rotatable bonds is 5. The first-order chi connectivity index (χ1) is 9.67. The van der Waals surface area contributed by atoms with E-state index in [4.69, 9.17) is 9.47 Å². The van der Waals surface area contributed by atoms with Gasteiger partial charge in [0.05, 0.1) is 18.8 Å². The van der Waals surface area contributed by atoms with Gasteiger partial charge in [-0.25, -0.2) is 4.79 Å². The largest absolute Gasteiger partial charge is 0.444 e. The fourth-order valence-electron chi connectivity index (χ4n) is 2.09. The topological polar surface area (TPSA) is 62.2 Å². The van der Waals surface area contributed by atoms with Gasteiger partial charge in [0, 0.05) is 32.7 Å². The van der Waals surface area contributed by atoms with E-state index in [1.165, 1.54) is 0 Å². The summed E-state index contributed by atoms with van der Waals surface area (Å²) in [5.41, 5.74) is -0.460. The standard InChI is InChI=1S/C15H30N2O4/c1-12(2)20-11-13(18)10-16-6-8-17(9-7-16)14(19)21-15(3,4)5/h12-13,18H,6-11H2,1-5H3/t13-/m1/s1. The summed E-state index contributed by atoms with van der Waals surface area (Å²) in [6, 6.07) is 0. The van der Waals surface area contributed by atoms with Crippen LogP contribution in [-0.4, -0.2) is 78.1 Å². The maximum atomic E-state index is 11.9. The molecule has 1 aliphatic heterocycles. The Morgan fingerprint density at radius 2 is 1.76 bits per heavy atom. The summed E-state index contributed by atoms with van der Waals surface area (Å²) in [4.78, 5) is 15.8. The van der Waals surface area contributed by atoms with Gasteiger partial charge in [-0.05, 0) is 34.6 Å². The number of hydrogen-bond acceptors (Lipinski definition) is 5. The molecule has 1 heterocycles. The number of aliphatic hydroxyl groups excluding tert-OH is 1. The van der Waals surface area contributed by atoms with E-state index in [9.17, 15) is 9.90 Å². The molecule has 0 aromatic carbocycles. The van der Waals surface area contributed by atoms with Gasteiger partial charge in [0.2, 0.25) is 0 Å². The van der Waals surface area contributed by atoms with Gasteiger partial charge in [-0.15, -0.1) is 0 Å². The van der Waals surface area contributed by atoms with Crippen LogP contribution in [0.15, 0.2) is 0 Å². The summed E-state index contributed by atoms with van der Waals surface area (Å²) in [7, 11) is 0. The lowest BCUT2D eigenvalue weighted by Crippen LogP contribution is -2.51. The van der Waals surface area contributed by atoms with Crippen LogP contribution in [0.5, 0.6) is 0 Å². The van der Waals surface area contributed by atoms with Crippen molar-refractivity contribution < 1.29 is 19.4 Å². The first kappa shape index (κ1) is 18.2. The van der Waals surface area contributed by atoms with Gasteiger partial charge in [-0.2, -0.15) is 0 Å². The zero-order valence-corrected chi connectivity index (χ0v) is 14.0. The predicted octanol–water partition coefficient (Wildman–Crippen LogP) is 1.32. The lowest BCUT2D eigenvalue weighted by atomic mass is 10.2. The van der Waals surface area contributed by atoms with Gasteiger partial charge in [0.15, 0.2) is 0 Å². The van der Waals surface area contributed by atoms with Crippen molar-refractivity contribution in [2.75, 3.05) is 39.3 Å². The Bertz CT molecular complexity index is 320. The minimum Gasteiger partial charge on any atom is -0.444 e. The van der Waals surface area contributed by atoms with Gasteiger partial charge in [-0.1, -0.05) is 0 Å². The fourth-order valence-corrected chi connectivity index (χ4v) is 2.09. The number of carbonyl (C=O) groups excluding carboxylic acids is 1. The Hall–Kier alpha value is -0.850. The highest BCUT2D eigenvalue weighted by atomic mass is 16.6. The van der Waals surface area contributed by atoms with Crippen LogP contribution < -0.4 is 0 Å². The van der Waals surface area contributed by atoms with Crippen molar-refractivity contribution in [1.82, 2.24) is 9.80 Å². The lowest BCUT2D eigenvalue weighted by molar-refractivity contribution is -0.0185. The molecule has 1 N–H and O–H groups in total. The summed E-state index contributed by atoms with van der Waals surface area (Å²) >= 11 is 0. The number of β-amino-alcohol motifs (C(OH)–C–C–N with tert-alkyl or cyclic N) is 1. The molecular formula is C15H30N2O4. The molecule has 0 radical (unpaired) electrons. The minimum atomic E-state index is -0.486. The van der Waals surface area contributed by atoms with Crippen molar-refractivity contribution in [2.24, 2.45) is 0 Å². The van der Waals surface area contributed by atoms with Gasteiger partial charge in [-0.3, -0.25) is 4.90 Å². The normalized spacial score (nSPS) is 18.9. The highest BCUT2D eigenvalue weighted by molar-refractivity contribution is 5.68. The van der Waals surface area contributed by atoms with Crippen LogP contribution in [0.1, 0.15) is 34.6 Å². The molecule has 21 heavy (non-hydrogen) atoms. The third kappa shape index (κ3) is 7.64. The molecule has 0 saturated carbocycles. The smallest absolute Gasteiger partial charge is 0.410 e. The molecule has 0 bridgehead atoms. The molecule has 1 atom stereocenters. The fraction of sp³-hybridized carbons (Fsp3) is 0.933. The molecule has 1 amide bonds. The van der Waals surface area contributed by atoms with Crippen LogP contribution >= 0.6 is 0 Å². The first-order valence-corrected chi connectivity index (χ1v) is 7.67. The number of hydrogen-bond donors (Lipinski definition) is 1. The molecule has 0 aliphatic carbocycles. The van der Waals surface area contributed by atoms with Crippen LogP contribution in [-0.2, 0) is 9.47 Å². The molecule has 1 saturated heterocycles. The lowest BCUT2D eigenvalue weighted by Gasteiger charge is -2.36. The van der Waals surface area contributed by atoms with Gasteiger partial charge < -0.3 is 19.5 Å². The Morgan fingerprint density at radius 3 is 2.24 bits per heavy atom. The minimum absolute atomic E-state index is 0.128. The first-order valence-electron chi connectivity index (χ1n) is 7.67. The van der Waals surface area contributed by atoms with E-state index in [-0.39, 0.29) is 12.2 Å². The molecular weight excluding hydrogens is 272 g/mol. The summed E-state index contributed by atoms with van der Waals surface area (Å²) in [5.74, 6) is 0. The highest BCUT2D eigenvalue weighted by Gasteiger charge is 2.26. The van der Waals surface area contributed by atoms with Crippen molar-refractivity contribution in [3.8, 4) is 0 Å². The zero-order valence-electron chi connectivity index (χ0n) is 14.0. The maximum absolute atomic E-state index is 11.9. The molecule has 6 nitrogen and oxygen atoms in total. The highest BCUT2D eigenvalue weighted by Crippen LogP contribution is 2.12. The monoisotopic (exact) mass is 302 g/mol. The third-order valence-corrected chi connectivity index (χ3v) is 3.11. The van der Waals surface area contributed by atoms with Crippen LogP contribution in [0.2, 0.25) is 0 Å². The number of piperazine rings is 1. The van der Waals surface area contributed by atoms with E-state index in [1.807, 2.05) is 34.6 Å². The molecule has 1 aliphatic rings. The average molecular weight is 302 g/mol. The maximum Gasteiger partial charge on any atom is 0.410 e. The molecule has 1 rings (SSSR count). The van der Waals surface area contributed by atoms with Crippen LogP contribution in [0.3, 0.4) is 0 Å². The van der Waals surface area contributed by atoms with Gasteiger partial charge >= 0.3 is 6.09 Å². The zero-order chi connectivity index (χ0) is 16.0. The second-order valence-electron chi connectivity index (χ2n) is 6.80. The second-order valence-corrected chi connectivity index (χ2v) is 6.80. The van der Waals surface area contributed by atoms with E-state index in [2.05, 4.69) is 4.90 Å². The van der Waals surface area contributed by atoms with Crippen molar-refractivity contribution in [2.45, 2.75) is 52.4 Å². The molecule has 0 unspecified atom stereocenters. The molecule has 6 heteroatoms. The number of aliphatic hydroxyl groups is 1. The van der Waals surface area contributed by atoms with Crippen molar-refractivity contribution >= 4 is 6.09 Å². The molecule has 0 spiro atoms. The molecule has 0 aromatic heterocycles.